The van der Waals surface area contributed by atoms with Crippen molar-refractivity contribution in [3.63, 3.8) is 0 Å². The number of aryl methyl sites for hydroxylation is 2. The first-order valence-electron chi connectivity index (χ1n) is 9.28. The quantitative estimate of drug-likeness (QED) is 0.921. The first-order chi connectivity index (χ1) is 11.2. The van der Waals surface area contributed by atoms with Gasteiger partial charge in [-0.25, -0.2) is 0 Å². The van der Waals surface area contributed by atoms with E-state index in [0.29, 0.717) is 12.0 Å². The Morgan fingerprint density at radius 2 is 2.00 bits per heavy atom. The number of amides is 1. The molecular formula is C20H27NO2. The number of carbonyl (C=O) groups excluding carboxylic acids is 1. The minimum Gasteiger partial charge on any atom is -0.481 e. The van der Waals surface area contributed by atoms with E-state index in [9.17, 15) is 4.79 Å². The number of nitrogens with one attached hydrogen (secondary N) is 1. The van der Waals surface area contributed by atoms with Crippen LogP contribution in [0.1, 0.15) is 56.6 Å². The molecule has 0 unspecified atom stereocenters. The van der Waals surface area contributed by atoms with Gasteiger partial charge in [0.15, 0.2) is 6.10 Å². The monoisotopic (exact) mass is 313 g/mol. The summed E-state index contributed by atoms with van der Waals surface area (Å²) in [5.41, 5.74) is 2.84. The Balaban J connectivity index is 1.35. The molecule has 0 spiro atoms. The van der Waals surface area contributed by atoms with E-state index in [1.165, 1.54) is 56.1 Å². The molecule has 4 atom stereocenters. The van der Waals surface area contributed by atoms with Gasteiger partial charge in [0.05, 0.1) is 0 Å². The van der Waals surface area contributed by atoms with Crippen molar-refractivity contribution >= 4 is 5.91 Å². The van der Waals surface area contributed by atoms with Crippen molar-refractivity contribution in [1.82, 2.24) is 5.32 Å². The van der Waals surface area contributed by atoms with Crippen molar-refractivity contribution in [2.24, 2.45) is 11.8 Å². The molecule has 3 heteroatoms. The fourth-order valence-corrected chi connectivity index (χ4v) is 4.76. The van der Waals surface area contributed by atoms with Crippen LogP contribution in [-0.2, 0) is 17.6 Å². The van der Waals surface area contributed by atoms with Crippen molar-refractivity contribution in [3.05, 3.63) is 29.3 Å². The maximum atomic E-state index is 12.4. The number of benzene rings is 1. The number of carbonyl (C=O) groups is 1. The van der Waals surface area contributed by atoms with E-state index in [-0.39, 0.29) is 5.91 Å². The summed E-state index contributed by atoms with van der Waals surface area (Å²) in [7, 11) is 0. The van der Waals surface area contributed by atoms with E-state index >= 15 is 0 Å². The van der Waals surface area contributed by atoms with E-state index in [2.05, 4.69) is 17.4 Å². The summed E-state index contributed by atoms with van der Waals surface area (Å²) in [5, 5.41) is 3.23. The van der Waals surface area contributed by atoms with Crippen LogP contribution < -0.4 is 10.1 Å². The van der Waals surface area contributed by atoms with Gasteiger partial charge in [0.25, 0.3) is 5.91 Å². The van der Waals surface area contributed by atoms with Gasteiger partial charge in [-0.2, -0.15) is 0 Å². The molecule has 1 N–H and O–H groups in total. The van der Waals surface area contributed by atoms with Crippen LogP contribution in [0.15, 0.2) is 18.2 Å². The minimum absolute atomic E-state index is 0.0419. The first kappa shape index (κ1) is 15.0. The molecule has 4 rings (SSSR count). The number of fused-ring (bicyclic) bond motifs is 3. The Morgan fingerprint density at radius 1 is 1.17 bits per heavy atom. The average molecular weight is 313 g/mol. The van der Waals surface area contributed by atoms with Crippen LogP contribution >= 0.6 is 0 Å². The highest BCUT2D eigenvalue weighted by molar-refractivity contribution is 5.81. The second-order valence-corrected chi connectivity index (χ2v) is 7.69. The zero-order chi connectivity index (χ0) is 15.8. The van der Waals surface area contributed by atoms with Crippen LogP contribution in [0.25, 0.3) is 0 Å². The SMILES string of the molecule is C[C@@H](Oc1ccc2c(c1)CCCC2)C(=O)N[C@@H]1C[C@@H]2CC[C@@H]1C2. The van der Waals surface area contributed by atoms with Crippen LogP contribution in [0, 0.1) is 11.8 Å². The van der Waals surface area contributed by atoms with Gasteiger partial charge in [-0.1, -0.05) is 12.5 Å². The lowest BCUT2D eigenvalue weighted by molar-refractivity contribution is -0.128. The van der Waals surface area contributed by atoms with Gasteiger partial charge >= 0.3 is 0 Å². The van der Waals surface area contributed by atoms with Gasteiger partial charge in [0, 0.05) is 6.04 Å². The molecule has 3 aliphatic rings. The molecule has 0 saturated heterocycles. The molecule has 0 heterocycles. The molecule has 1 amide bonds. The lowest BCUT2D eigenvalue weighted by atomic mass is 9.92. The molecule has 1 aromatic carbocycles. The topological polar surface area (TPSA) is 38.3 Å². The van der Waals surface area contributed by atoms with E-state index in [1.54, 1.807) is 0 Å². The molecule has 23 heavy (non-hydrogen) atoms. The zero-order valence-corrected chi connectivity index (χ0v) is 14.0. The van der Waals surface area contributed by atoms with Crippen molar-refractivity contribution < 1.29 is 9.53 Å². The van der Waals surface area contributed by atoms with Crippen molar-refractivity contribution in [1.29, 1.82) is 0 Å². The van der Waals surface area contributed by atoms with E-state index in [0.717, 1.165) is 18.1 Å². The van der Waals surface area contributed by atoms with Crippen molar-refractivity contribution in [2.45, 2.75) is 70.4 Å². The largest absolute Gasteiger partial charge is 0.481 e. The Morgan fingerprint density at radius 3 is 2.74 bits per heavy atom. The van der Waals surface area contributed by atoms with Crippen LogP contribution in [0.2, 0.25) is 0 Å². The first-order valence-corrected chi connectivity index (χ1v) is 9.28. The van der Waals surface area contributed by atoms with E-state index < -0.39 is 6.10 Å². The summed E-state index contributed by atoms with van der Waals surface area (Å²) < 4.78 is 5.92. The molecule has 2 fully saturated rings. The third-order valence-electron chi connectivity index (χ3n) is 6.07. The van der Waals surface area contributed by atoms with E-state index in [4.69, 9.17) is 4.74 Å². The minimum atomic E-state index is -0.421. The fourth-order valence-electron chi connectivity index (χ4n) is 4.76. The van der Waals surface area contributed by atoms with Gasteiger partial charge in [-0.15, -0.1) is 0 Å². The molecule has 3 aliphatic carbocycles. The number of hydrogen-bond donors (Lipinski definition) is 1. The lowest BCUT2D eigenvalue weighted by Gasteiger charge is -2.25. The second kappa shape index (κ2) is 6.18. The smallest absolute Gasteiger partial charge is 0.261 e. The van der Waals surface area contributed by atoms with Crippen LogP contribution in [0.4, 0.5) is 0 Å². The fraction of sp³-hybridized carbons (Fsp3) is 0.650. The molecule has 0 radical (unpaired) electrons. The Hall–Kier alpha value is -1.51. The molecule has 2 bridgehead atoms. The number of ether oxygens (including phenoxy) is 1. The zero-order valence-electron chi connectivity index (χ0n) is 14.0. The third-order valence-corrected chi connectivity index (χ3v) is 6.07. The van der Waals surface area contributed by atoms with Gasteiger partial charge in [-0.05, 0) is 87.0 Å². The lowest BCUT2D eigenvalue weighted by Crippen LogP contribution is -2.44. The average Bonchev–Trinajstić information content (AvgIpc) is 3.17. The van der Waals surface area contributed by atoms with Gasteiger partial charge in [-0.3, -0.25) is 4.79 Å². The summed E-state index contributed by atoms with van der Waals surface area (Å²) in [5.74, 6) is 2.43. The summed E-state index contributed by atoms with van der Waals surface area (Å²) in [6.45, 7) is 1.86. The molecule has 3 nitrogen and oxygen atoms in total. The summed E-state index contributed by atoms with van der Waals surface area (Å²) >= 11 is 0. The summed E-state index contributed by atoms with van der Waals surface area (Å²) in [6.07, 6.45) is 9.57. The standard InChI is InChI=1S/C20H27NO2/c1-13(20(22)21-19-11-14-6-7-17(19)10-14)23-18-9-8-15-4-2-3-5-16(15)12-18/h8-9,12-14,17,19H,2-7,10-11H2,1H3,(H,21,22)/t13-,14-,17-,19-/m1/s1. The summed E-state index contributed by atoms with van der Waals surface area (Å²) in [4.78, 5) is 12.4. The van der Waals surface area contributed by atoms with E-state index in [1.807, 2.05) is 13.0 Å². The van der Waals surface area contributed by atoms with Gasteiger partial charge in [0.2, 0.25) is 0 Å². The molecule has 0 aliphatic heterocycles. The highest BCUT2D eigenvalue weighted by Gasteiger charge is 2.40. The highest BCUT2D eigenvalue weighted by Crippen LogP contribution is 2.44. The highest BCUT2D eigenvalue weighted by atomic mass is 16.5. The van der Waals surface area contributed by atoms with Crippen molar-refractivity contribution in [3.8, 4) is 5.75 Å². The van der Waals surface area contributed by atoms with Gasteiger partial charge < -0.3 is 10.1 Å². The normalized spacial score (nSPS) is 29.9. The van der Waals surface area contributed by atoms with Gasteiger partial charge in [0.1, 0.15) is 5.75 Å². The molecule has 0 aromatic heterocycles. The maximum Gasteiger partial charge on any atom is 0.261 e. The number of rotatable bonds is 4. The molecular weight excluding hydrogens is 286 g/mol. The Kier molecular flexibility index (Phi) is 4.04. The van der Waals surface area contributed by atoms with Crippen LogP contribution in [-0.4, -0.2) is 18.1 Å². The molecule has 2 saturated carbocycles. The second-order valence-electron chi connectivity index (χ2n) is 7.69. The predicted octanol–water partition coefficient (Wildman–Crippen LogP) is 3.64. The van der Waals surface area contributed by atoms with Crippen LogP contribution in [0.3, 0.4) is 0 Å². The molecule has 124 valence electrons. The number of hydrogen-bond acceptors (Lipinski definition) is 2. The summed E-state index contributed by atoms with van der Waals surface area (Å²) in [6, 6.07) is 6.71. The maximum absolute atomic E-state index is 12.4. The Labute approximate surface area is 138 Å². The third kappa shape index (κ3) is 3.11. The van der Waals surface area contributed by atoms with Crippen LogP contribution in [0.5, 0.6) is 5.75 Å². The Bertz CT molecular complexity index is 597. The molecule has 1 aromatic rings. The predicted molar refractivity (Wildman–Crippen MR) is 90.6 cm³/mol. The van der Waals surface area contributed by atoms with Crippen molar-refractivity contribution in [2.75, 3.05) is 0 Å².